The van der Waals surface area contributed by atoms with E-state index in [9.17, 15) is 14.4 Å². The molecule has 0 radical (unpaired) electrons. The summed E-state index contributed by atoms with van der Waals surface area (Å²) in [6, 6.07) is 13.2. The summed E-state index contributed by atoms with van der Waals surface area (Å²) in [5.41, 5.74) is 3.64. The summed E-state index contributed by atoms with van der Waals surface area (Å²) in [5.74, 6) is -0.731. The Kier molecular flexibility index (Phi) is 6.23. The molecule has 0 saturated carbocycles. The van der Waals surface area contributed by atoms with E-state index in [0.29, 0.717) is 12.1 Å². The Morgan fingerprint density at radius 1 is 1.09 bits per heavy atom. The van der Waals surface area contributed by atoms with Gasteiger partial charge in [-0.25, -0.2) is 4.79 Å². The maximum atomic E-state index is 13.4. The first-order chi connectivity index (χ1) is 16.9. The van der Waals surface area contributed by atoms with Crippen LogP contribution in [0.15, 0.2) is 42.5 Å². The van der Waals surface area contributed by atoms with Gasteiger partial charge < -0.3 is 20.4 Å². The number of amides is 4. The average molecular weight is 476 g/mol. The standard InChI is InChI=1S/C27H33N5O3/c1-3-30-13-15-31(16-14-30)21-10-11-23(19(2)17-21)28-24(33)18-32-25(34)27(29-26(32)35)12-6-8-20-7-4-5-9-22(20)27/h4-5,7,9-11,17H,3,6,8,12-16,18H2,1-2H3,(H,28,33)(H,29,35)/t27-/m1/s1. The molecule has 0 unspecified atom stereocenters. The number of fused-ring (bicyclic) bond motifs is 2. The van der Waals surface area contributed by atoms with Gasteiger partial charge in [0.1, 0.15) is 12.1 Å². The Morgan fingerprint density at radius 2 is 1.86 bits per heavy atom. The van der Waals surface area contributed by atoms with E-state index in [1.54, 1.807) is 0 Å². The minimum absolute atomic E-state index is 0.311. The van der Waals surface area contributed by atoms with Gasteiger partial charge in [-0.05, 0) is 67.6 Å². The van der Waals surface area contributed by atoms with Crippen molar-refractivity contribution in [1.29, 1.82) is 0 Å². The topological polar surface area (TPSA) is 85.0 Å². The molecular formula is C27H33N5O3. The molecule has 2 saturated heterocycles. The van der Waals surface area contributed by atoms with Gasteiger partial charge in [-0.2, -0.15) is 0 Å². The predicted molar refractivity (Wildman–Crippen MR) is 135 cm³/mol. The molecule has 3 aliphatic rings. The second-order valence-electron chi connectivity index (χ2n) is 9.71. The predicted octanol–water partition coefficient (Wildman–Crippen LogP) is 2.86. The van der Waals surface area contributed by atoms with Crippen molar-refractivity contribution >= 4 is 29.2 Å². The molecule has 1 aliphatic carbocycles. The summed E-state index contributed by atoms with van der Waals surface area (Å²) < 4.78 is 0. The molecule has 2 aliphatic heterocycles. The fourth-order valence-corrected chi connectivity index (χ4v) is 5.60. The third-order valence-electron chi connectivity index (χ3n) is 7.62. The third kappa shape index (κ3) is 4.27. The molecule has 2 aromatic carbocycles. The normalized spacial score (nSPS) is 22.3. The van der Waals surface area contributed by atoms with Crippen LogP contribution >= 0.6 is 0 Å². The SMILES string of the molecule is CCN1CCN(c2ccc(NC(=O)CN3C(=O)N[C@@]4(CCCc5ccccc54)C3=O)c(C)c2)CC1. The van der Waals surface area contributed by atoms with Crippen molar-refractivity contribution in [3.63, 3.8) is 0 Å². The molecule has 0 aromatic heterocycles. The highest BCUT2D eigenvalue weighted by Crippen LogP contribution is 2.39. The van der Waals surface area contributed by atoms with Crippen LogP contribution in [0.5, 0.6) is 0 Å². The van der Waals surface area contributed by atoms with Gasteiger partial charge in [-0.15, -0.1) is 0 Å². The van der Waals surface area contributed by atoms with Crippen LogP contribution in [0.3, 0.4) is 0 Å². The number of anilines is 2. The zero-order chi connectivity index (χ0) is 24.6. The minimum Gasteiger partial charge on any atom is -0.369 e. The zero-order valence-electron chi connectivity index (χ0n) is 20.5. The molecule has 35 heavy (non-hydrogen) atoms. The van der Waals surface area contributed by atoms with Gasteiger partial charge in [-0.1, -0.05) is 31.2 Å². The van der Waals surface area contributed by atoms with E-state index >= 15 is 0 Å². The number of benzene rings is 2. The lowest BCUT2D eigenvalue weighted by Gasteiger charge is -2.35. The van der Waals surface area contributed by atoms with E-state index < -0.39 is 11.6 Å². The quantitative estimate of drug-likeness (QED) is 0.650. The van der Waals surface area contributed by atoms with Crippen molar-refractivity contribution in [2.24, 2.45) is 0 Å². The maximum absolute atomic E-state index is 13.4. The molecule has 2 heterocycles. The van der Waals surface area contributed by atoms with Crippen LogP contribution in [0.2, 0.25) is 0 Å². The van der Waals surface area contributed by atoms with Crippen molar-refractivity contribution in [3.05, 3.63) is 59.2 Å². The number of imide groups is 1. The number of piperazine rings is 1. The number of carbonyl (C=O) groups is 3. The number of urea groups is 1. The van der Waals surface area contributed by atoms with E-state index in [0.717, 1.165) is 72.8 Å². The minimum atomic E-state index is -1.06. The summed E-state index contributed by atoms with van der Waals surface area (Å²) in [4.78, 5) is 44.9. The number of hydrogen-bond donors (Lipinski definition) is 2. The Morgan fingerprint density at radius 3 is 2.60 bits per heavy atom. The lowest BCUT2D eigenvalue weighted by molar-refractivity contribution is -0.134. The molecule has 8 heteroatoms. The molecule has 184 valence electrons. The van der Waals surface area contributed by atoms with Crippen LogP contribution in [0.1, 0.15) is 36.5 Å². The summed E-state index contributed by atoms with van der Waals surface area (Å²) in [6.07, 6.45) is 2.23. The van der Waals surface area contributed by atoms with Gasteiger partial charge in [0, 0.05) is 37.6 Å². The lowest BCUT2D eigenvalue weighted by atomic mass is 9.76. The molecule has 2 N–H and O–H groups in total. The summed E-state index contributed by atoms with van der Waals surface area (Å²) >= 11 is 0. The fraction of sp³-hybridized carbons (Fsp3) is 0.444. The summed E-state index contributed by atoms with van der Waals surface area (Å²) in [5, 5.41) is 5.80. The Labute approximate surface area is 206 Å². The van der Waals surface area contributed by atoms with E-state index in [2.05, 4.69) is 33.4 Å². The first kappa shape index (κ1) is 23.4. The summed E-state index contributed by atoms with van der Waals surface area (Å²) in [7, 11) is 0. The maximum Gasteiger partial charge on any atom is 0.325 e. The van der Waals surface area contributed by atoms with Crippen LogP contribution in [-0.2, 0) is 21.5 Å². The molecule has 1 spiro atoms. The molecule has 4 amide bonds. The Hall–Kier alpha value is -3.39. The first-order valence-corrected chi connectivity index (χ1v) is 12.5. The van der Waals surface area contributed by atoms with Crippen molar-refractivity contribution in [2.75, 3.05) is 49.5 Å². The number of nitrogens with zero attached hydrogens (tertiary/aromatic N) is 3. The van der Waals surface area contributed by atoms with Gasteiger partial charge in [0.2, 0.25) is 5.91 Å². The number of carbonyl (C=O) groups excluding carboxylic acids is 3. The first-order valence-electron chi connectivity index (χ1n) is 12.5. The van der Waals surface area contributed by atoms with Crippen LogP contribution in [-0.4, -0.2) is 66.9 Å². The van der Waals surface area contributed by atoms with E-state index in [1.807, 2.05) is 43.3 Å². The van der Waals surface area contributed by atoms with Crippen LogP contribution < -0.4 is 15.5 Å². The van der Waals surface area contributed by atoms with Crippen molar-refractivity contribution in [3.8, 4) is 0 Å². The molecule has 0 bridgehead atoms. The van der Waals surface area contributed by atoms with E-state index in [-0.39, 0.29) is 18.4 Å². The molecule has 1 atom stereocenters. The van der Waals surface area contributed by atoms with E-state index in [1.165, 1.54) is 0 Å². The van der Waals surface area contributed by atoms with Gasteiger partial charge in [0.25, 0.3) is 5.91 Å². The van der Waals surface area contributed by atoms with Gasteiger partial charge in [0.05, 0.1) is 0 Å². The number of nitrogens with one attached hydrogen (secondary N) is 2. The second-order valence-corrected chi connectivity index (χ2v) is 9.71. The Bertz CT molecular complexity index is 1160. The van der Waals surface area contributed by atoms with Crippen molar-refractivity contribution in [2.45, 2.75) is 38.6 Å². The summed E-state index contributed by atoms with van der Waals surface area (Å²) in [6.45, 7) is 8.97. The highest BCUT2D eigenvalue weighted by atomic mass is 16.2. The van der Waals surface area contributed by atoms with Gasteiger partial charge in [0.15, 0.2) is 0 Å². The Balaban J connectivity index is 1.26. The number of aryl methyl sites for hydroxylation is 2. The van der Waals surface area contributed by atoms with Crippen LogP contribution in [0.4, 0.5) is 16.2 Å². The highest BCUT2D eigenvalue weighted by molar-refractivity contribution is 6.10. The molecule has 2 fully saturated rings. The highest BCUT2D eigenvalue weighted by Gasteiger charge is 2.54. The monoisotopic (exact) mass is 475 g/mol. The number of rotatable bonds is 5. The van der Waals surface area contributed by atoms with Crippen molar-refractivity contribution < 1.29 is 14.4 Å². The van der Waals surface area contributed by atoms with Crippen molar-refractivity contribution in [1.82, 2.24) is 15.1 Å². The van der Waals surface area contributed by atoms with E-state index in [4.69, 9.17) is 0 Å². The smallest absolute Gasteiger partial charge is 0.325 e. The van der Waals surface area contributed by atoms with Crippen LogP contribution in [0.25, 0.3) is 0 Å². The third-order valence-corrected chi connectivity index (χ3v) is 7.62. The molecule has 5 rings (SSSR count). The van der Waals surface area contributed by atoms with Crippen LogP contribution in [0, 0.1) is 6.92 Å². The number of likely N-dealkylation sites (N-methyl/N-ethyl adjacent to an activating group) is 1. The van der Waals surface area contributed by atoms with Gasteiger partial charge in [-0.3, -0.25) is 14.5 Å². The number of hydrogen-bond acceptors (Lipinski definition) is 5. The molecule has 2 aromatic rings. The second kappa shape index (κ2) is 9.34. The molecular weight excluding hydrogens is 442 g/mol. The fourth-order valence-electron chi connectivity index (χ4n) is 5.60. The largest absolute Gasteiger partial charge is 0.369 e. The average Bonchev–Trinajstić information content (AvgIpc) is 3.10. The lowest BCUT2D eigenvalue weighted by Crippen LogP contribution is -2.47. The molecule has 8 nitrogen and oxygen atoms in total. The van der Waals surface area contributed by atoms with Gasteiger partial charge >= 0.3 is 6.03 Å². The zero-order valence-corrected chi connectivity index (χ0v) is 20.5.